The molecule has 0 saturated heterocycles. The first kappa shape index (κ1) is 19.5. The van der Waals surface area contributed by atoms with Crippen LogP contribution in [0.1, 0.15) is 122 Å². The minimum atomic E-state index is 0.705. The van der Waals surface area contributed by atoms with Gasteiger partial charge >= 0.3 is 0 Å². The van der Waals surface area contributed by atoms with E-state index in [4.69, 9.17) is 0 Å². The molecule has 2 unspecified atom stereocenters. The van der Waals surface area contributed by atoms with Gasteiger partial charge in [-0.25, -0.2) is 0 Å². The van der Waals surface area contributed by atoms with E-state index >= 15 is 0 Å². The van der Waals surface area contributed by atoms with Crippen molar-refractivity contribution >= 4 is 0 Å². The number of fused-ring (bicyclic) bond motifs is 13. The minimum Gasteiger partial charge on any atom is -0.0885 e. The Morgan fingerprint density at radius 1 is 0.600 bits per heavy atom. The first-order chi connectivity index (χ1) is 12.3. The van der Waals surface area contributed by atoms with Gasteiger partial charge in [0, 0.05) is 0 Å². The molecule has 4 aliphatic carbocycles. The molecule has 0 aliphatic heterocycles. The third-order valence-corrected chi connectivity index (χ3v) is 8.09. The quantitative estimate of drug-likeness (QED) is 0.386. The van der Waals surface area contributed by atoms with Gasteiger partial charge in [-0.3, -0.25) is 0 Å². The average molecular weight is 345 g/mol. The van der Waals surface area contributed by atoms with Crippen molar-refractivity contribution in [2.75, 3.05) is 0 Å². The monoisotopic (exact) mass is 344 g/mol. The van der Waals surface area contributed by atoms with Crippen molar-refractivity contribution in [3.8, 4) is 0 Å². The maximum atomic E-state index is 2.66. The van der Waals surface area contributed by atoms with Crippen molar-refractivity contribution in [2.45, 2.75) is 122 Å². The summed E-state index contributed by atoms with van der Waals surface area (Å²) in [5, 5.41) is 0. The molecule has 0 heteroatoms. The second-order valence-electron chi connectivity index (χ2n) is 10.1. The smallest absolute Gasteiger partial charge is 0.0295 e. The molecule has 4 bridgehead atoms. The molecule has 0 N–H and O–H groups in total. The third kappa shape index (κ3) is 6.14. The second-order valence-corrected chi connectivity index (χ2v) is 10.1. The Balaban J connectivity index is 1.50. The minimum absolute atomic E-state index is 0.705. The highest BCUT2D eigenvalue weighted by Gasteiger charge is 2.41. The van der Waals surface area contributed by atoms with Crippen molar-refractivity contribution < 1.29 is 0 Å². The molecule has 0 aromatic rings. The largest absolute Gasteiger partial charge is 0.0885 e. The molecule has 0 radical (unpaired) electrons. The topological polar surface area (TPSA) is 0 Å². The lowest BCUT2D eigenvalue weighted by molar-refractivity contribution is 0.112. The van der Waals surface area contributed by atoms with Crippen LogP contribution in [-0.2, 0) is 0 Å². The van der Waals surface area contributed by atoms with Gasteiger partial charge in [-0.05, 0) is 81.0 Å². The van der Waals surface area contributed by atoms with Gasteiger partial charge in [0.15, 0.2) is 0 Å². The molecule has 0 nitrogen and oxygen atoms in total. The summed E-state index contributed by atoms with van der Waals surface area (Å²) in [5.41, 5.74) is 0.705. The van der Waals surface area contributed by atoms with Crippen LogP contribution in [0.15, 0.2) is 12.2 Å². The molecule has 25 heavy (non-hydrogen) atoms. The van der Waals surface area contributed by atoms with Crippen LogP contribution >= 0.6 is 0 Å². The van der Waals surface area contributed by atoms with Gasteiger partial charge in [0.05, 0.1) is 0 Å². The van der Waals surface area contributed by atoms with Gasteiger partial charge < -0.3 is 0 Å². The van der Waals surface area contributed by atoms with Crippen LogP contribution in [0.4, 0.5) is 0 Å². The Morgan fingerprint density at radius 2 is 1.20 bits per heavy atom. The van der Waals surface area contributed by atoms with Crippen molar-refractivity contribution in [3.05, 3.63) is 12.2 Å². The molecule has 144 valence electrons. The maximum Gasteiger partial charge on any atom is -0.0295 e. The molecule has 4 aliphatic rings. The second kappa shape index (κ2) is 10.2. The number of allylic oxidation sites excluding steroid dienone is 2. The Bertz CT molecular complexity index is 387. The van der Waals surface area contributed by atoms with Crippen LogP contribution in [-0.4, -0.2) is 0 Å². The molecule has 4 rings (SSSR count). The summed E-state index contributed by atoms with van der Waals surface area (Å²) in [4.78, 5) is 0. The predicted molar refractivity (Wildman–Crippen MR) is 111 cm³/mol. The normalized spacial score (nSPS) is 40.6. The molecular formula is C25H44. The zero-order valence-corrected chi connectivity index (χ0v) is 17.1. The van der Waals surface area contributed by atoms with Gasteiger partial charge in [-0.15, -0.1) is 0 Å². The number of hydrogen-bond donors (Lipinski definition) is 0. The van der Waals surface area contributed by atoms with Crippen LogP contribution in [0, 0.1) is 23.2 Å². The molecule has 2 atom stereocenters. The fourth-order valence-corrected chi connectivity index (χ4v) is 6.32. The SMILES string of the molecule is CC12CCC(CCCC/C=C\CCCCCCCC3CCC1CC3)C2. The van der Waals surface area contributed by atoms with Crippen LogP contribution in [0.3, 0.4) is 0 Å². The Hall–Kier alpha value is -0.260. The zero-order valence-electron chi connectivity index (χ0n) is 17.1. The van der Waals surface area contributed by atoms with E-state index in [1.807, 2.05) is 0 Å². The average Bonchev–Trinajstić information content (AvgIpc) is 3.01. The van der Waals surface area contributed by atoms with Crippen LogP contribution in [0.25, 0.3) is 0 Å². The third-order valence-electron chi connectivity index (χ3n) is 8.09. The lowest BCUT2D eigenvalue weighted by Crippen LogP contribution is -2.29. The fourth-order valence-electron chi connectivity index (χ4n) is 6.32. The summed E-state index contributed by atoms with van der Waals surface area (Å²) >= 11 is 0. The van der Waals surface area contributed by atoms with E-state index in [2.05, 4.69) is 19.1 Å². The van der Waals surface area contributed by atoms with Crippen molar-refractivity contribution in [1.82, 2.24) is 0 Å². The van der Waals surface area contributed by atoms with Crippen molar-refractivity contribution in [2.24, 2.45) is 23.2 Å². The van der Waals surface area contributed by atoms with Gasteiger partial charge in [0.2, 0.25) is 0 Å². The van der Waals surface area contributed by atoms with E-state index in [0.717, 1.165) is 17.8 Å². The molecule has 0 amide bonds. The Kier molecular flexibility index (Phi) is 7.93. The van der Waals surface area contributed by atoms with E-state index in [9.17, 15) is 0 Å². The lowest BCUT2D eigenvalue weighted by atomic mass is 9.66. The summed E-state index contributed by atoms with van der Waals surface area (Å²) < 4.78 is 0. The molecule has 0 heterocycles. The van der Waals surface area contributed by atoms with Crippen LogP contribution in [0.2, 0.25) is 0 Å². The summed E-state index contributed by atoms with van der Waals surface area (Å²) in [6.45, 7) is 2.66. The standard InChI is InChI=1S/C25H44/c1-25-20-19-23(21-25)14-12-10-8-6-4-2-3-5-7-9-11-13-22-15-17-24(25)18-16-22/h4,6,22-24H,2-3,5,7-21H2,1H3/b6-4-. The predicted octanol–water partition coefficient (Wildman–Crippen LogP) is 8.46. The first-order valence-electron chi connectivity index (χ1n) is 11.9. The van der Waals surface area contributed by atoms with Gasteiger partial charge in [-0.1, -0.05) is 76.9 Å². The van der Waals surface area contributed by atoms with Gasteiger partial charge in [-0.2, -0.15) is 0 Å². The molecule has 0 spiro atoms. The molecule has 2 saturated carbocycles. The number of hydrogen-bond acceptors (Lipinski definition) is 0. The highest BCUT2D eigenvalue weighted by Crippen LogP contribution is 2.53. The van der Waals surface area contributed by atoms with E-state index in [1.54, 1.807) is 32.1 Å². The zero-order chi connectivity index (χ0) is 17.4. The lowest BCUT2D eigenvalue weighted by Gasteiger charge is -2.40. The summed E-state index contributed by atoms with van der Waals surface area (Å²) in [6, 6.07) is 0. The van der Waals surface area contributed by atoms with E-state index < -0.39 is 0 Å². The van der Waals surface area contributed by atoms with E-state index in [-0.39, 0.29) is 0 Å². The molecule has 0 aromatic carbocycles. The molecule has 2 fully saturated rings. The summed E-state index contributed by atoms with van der Waals surface area (Å²) in [7, 11) is 0. The van der Waals surface area contributed by atoms with Crippen molar-refractivity contribution in [1.29, 1.82) is 0 Å². The van der Waals surface area contributed by atoms with Gasteiger partial charge in [0.1, 0.15) is 0 Å². The fraction of sp³-hybridized carbons (Fsp3) is 0.920. The van der Waals surface area contributed by atoms with Crippen LogP contribution in [0.5, 0.6) is 0 Å². The molecule has 0 aromatic heterocycles. The molecular weight excluding hydrogens is 300 g/mol. The van der Waals surface area contributed by atoms with E-state index in [1.165, 1.54) is 83.5 Å². The Labute approximate surface area is 158 Å². The highest BCUT2D eigenvalue weighted by atomic mass is 14.5. The van der Waals surface area contributed by atoms with Crippen LogP contribution < -0.4 is 0 Å². The maximum absolute atomic E-state index is 2.66. The summed E-state index contributed by atoms with van der Waals surface area (Å²) in [6.07, 6.45) is 31.7. The van der Waals surface area contributed by atoms with Crippen molar-refractivity contribution in [3.63, 3.8) is 0 Å². The number of rotatable bonds is 0. The van der Waals surface area contributed by atoms with Gasteiger partial charge in [0.25, 0.3) is 0 Å². The first-order valence-corrected chi connectivity index (χ1v) is 11.9. The highest BCUT2D eigenvalue weighted by molar-refractivity contribution is 4.93. The van der Waals surface area contributed by atoms with E-state index in [0.29, 0.717) is 5.41 Å². The summed E-state index contributed by atoms with van der Waals surface area (Å²) in [5.74, 6) is 3.19. The Morgan fingerprint density at radius 3 is 2.00 bits per heavy atom.